The molecule has 360 valence electrons. The van der Waals surface area contributed by atoms with Crippen LogP contribution in [0, 0.1) is 5.92 Å². The van der Waals surface area contributed by atoms with Crippen molar-refractivity contribution in [3.05, 3.63) is 41.7 Å². The van der Waals surface area contributed by atoms with Crippen LogP contribution in [0.25, 0.3) is 0 Å². The van der Waals surface area contributed by atoms with E-state index in [2.05, 4.69) is 51.5 Å². The van der Waals surface area contributed by atoms with E-state index in [1.807, 2.05) is 30.1 Å². The smallest absolute Gasteiger partial charge is 0.328 e. The predicted molar refractivity (Wildman–Crippen MR) is 250 cm³/mol. The van der Waals surface area contributed by atoms with Crippen molar-refractivity contribution in [1.29, 1.82) is 0 Å². The zero-order chi connectivity index (χ0) is 47.8. The number of carbonyl (C=O) groups excluding carboxylic acids is 7. The number of nitrogens with zero attached hydrogens (tertiary/aromatic N) is 2. The van der Waals surface area contributed by atoms with Crippen molar-refractivity contribution in [3.63, 3.8) is 0 Å². The summed E-state index contributed by atoms with van der Waals surface area (Å²) in [6.45, 7) is 9.08. The number of hydrogen-bond acceptors (Lipinski definition) is 12. The lowest BCUT2D eigenvalue weighted by Gasteiger charge is -2.27. The molecule has 1 aromatic rings. The van der Waals surface area contributed by atoms with Crippen molar-refractivity contribution in [2.45, 2.75) is 161 Å². The normalized spacial score (nSPS) is 15.2. The highest BCUT2D eigenvalue weighted by atomic mass is 32.1. The van der Waals surface area contributed by atoms with E-state index in [1.165, 1.54) is 78.0 Å². The summed E-state index contributed by atoms with van der Waals surface area (Å²) in [5, 5.41) is 25.8. The maximum atomic E-state index is 13.8. The Morgan fingerprint density at radius 2 is 1.17 bits per heavy atom. The monoisotopic (exact) mass is 917 g/mol. The van der Waals surface area contributed by atoms with Gasteiger partial charge in [0.25, 0.3) is 0 Å². The molecule has 6 atom stereocenters. The number of phenols is 1. The van der Waals surface area contributed by atoms with Crippen LogP contribution in [-0.4, -0.2) is 126 Å². The van der Waals surface area contributed by atoms with E-state index in [4.69, 9.17) is 4.74 Å². The number of rotatable bonds is 30. The van der Waals surface area contributed by atoms with Crippen LogP contribution in [0.2, 0.25) is 0 Å². The molecule has 0 bridgehead atoms. The zero-order valence-electron chi connectivity index (χ0n) is 39.3. The summed E-state index contributed by atoms with van der Waals surface area (Å²) in [5.41, 5.74) is 1.38. The molecule has 64 heavy (non-hydrogen) atoms. The molecule has 0 aromatic heterocycles. The van der Waals surface area contributed by atoms with E-state index >= 15 is 0 Å². The Morgan fingerprint density at radius 1 is 0.656 bits per heavy atom. The number of hydrogen-bond donors (Lipinski definition) is 8. The number of nitrogens with one attached hydrogen (secondary N) is 6. The van der Waals surface area contributed by atoms with Gasteiger partial charge in [0.05, 0.1) is 13.8 Å². The molecule has 7 N–H and O–H groups in total. The average molecular weight is 917 g/mol. The van der Waals surface area contributed by atoms with Gasteiger partial charge in [0.15, 0.2) is 0 Å². The number of benzene rings is 1. The first-order chi connectivity index (χ1) is 30.4. The van der Waals surface area contributed by atoms with Gasteiger partial charge < -0.3 is 51.5 Å². The minimum Gasteiger partial charge on any atom is -0.508 e. The lowest BCUT2D eigenvalue weighted by atomic mass is 10.0. The molecule has 1 aliphatic heterocycles. The molecule has 0 saturated carbocycles. The Labute approximate surface area is 385 Å². The number of methoxy groups -OCH3 is 1. The molecule has 1 aliphatic rings. The summed E-state index contributed by atoms with van der Waals surface area (Å²) in [6.07, 6.45) is 15.0. The summed E-state index contributed by atoms with van der Waals surface area (Å²) < 4.78 is 4.98. The van der Waals surface area contributed by atoms with Crippen LogP contribution in [0.3, 0.4) is 0 Å². The average Bonchev–Trinajstić information content (AvgIpc) is 3.58. The molecule has 0 unspecified atom stereocenters. The molecule has 1 aromatic carbocycles. The first-order valence-electron chi connectivity index (χ1n) is 22.8. The van der Waals surface area contributed by atoms with Crippen LogP contribution in [0.5, 0.6) is 5.75 Å². The molecule has 2 rings (SSSR count). The van der Waals surface area contributed by atoms with Gasteiger partial charge in [-0.15, -0.1) is 0 Å². The number of phenolic OH excluding ortho intramolecular Hbond substituents is 1. The van der Waals surface area contributed by atoms with Crippen LogP contribution in [0.15, 0.2) is 36.2 Å². The molecular weight excluding hydrogens is 841 g/mol. The quantitative estimate of drug-likeness (QED) is 0.0317. The summed E-state index contributed by atoms with van der Waals surface area (Å²) in [6, 6.07) is -0.607. The van der Waals surface area contributed by atoms with E-state index in [0.717, 1.165) is 25.0 Å². The number of esters is 1. The zero-order valence-corrected chi connectivity index (χ0v) is 40.2. The number of thiol groups is 1. The summed E-state index contributed by atoms with van der Waals surface area (Å²) in [4.78, 5) is 96.7. The largest absolute Gasteiger partial charge is 0.508 e. The maximum Gasteiger partial charge on any atom is 0.328 e. The predicted octanol–water partition coefficient (Wildman–Crippen LogP) is 3.41. The van der Waals surface area contributed by atoms with Gasteiger partial charge in [-0.05, 0) is 43.9 Å². The van der Waals surface area contributed by atoms with Crippen LogP contribution < -0.4 is 31.9 Å². The standard InChI is InChI=1S/C46H76N8O9S/c1-9-10-11-12-13-14-15-16-17-18-19-20-39(56)49-38(28-64)44(60)47-32(5)42(58)52-40(30(2)3)45(61)48-31(4)41(57)50-36(25-33-21-23-35(55)24-22-33)43(59)51-37(46(62)63-8)26-34-27-53(6)29-54(34)7/h21-24,27,30-32,36-38,40,55,64H,9-20,25-26,28-29H2,1-8H3,(H,47,60)(H,48,61)(H,49,56)(H,50,57)(H,51,59)(H,52,58)/t31-,32-,36-,37-,38-,40-/m0/s1. The topological polar surface area (TPSA) is 228 Å². The third kappa shape index (κ3) is 20.2. The number of unbranched alkanes of at least 4 members (excludes halogenated alkanes) is 10. The molecule has 0 spiro atoms. The summed E-state index contributed by atoms with van der Waals surface area (Å²) in [5.74, 6) is -4.73. The Kier molecular flexibility index (Phi) is 25.4. The van der Waals surface area contributed by atoms with Crippen molar-refractivity contribution in [3.8, 4) is 5.75 Å². The van der Waals surface area contributed by atoms with Gasteiger partial charge in [-0.3, -0.25) is 28.8 Å². The first-order valence-corrected chi connectivity index (χ1v) is 23.4. The van der Waals surface area contributed by atoms with Gasteiger partial charge in [0.1, 0.15) is 42.0 Å². The van der Waals surface area contributed by atoms with E-state index in [-0.39, 0.29) is 36.7 Å². The Morgan fingerprint density at radius 3 is 1.69 bits per heavy atom. The van der Waals surface area contributed by atoms with E-state index in [0.29, 0.717) is 18.7 Å². The molecule has 17 nitrogen and oxygen atoms in total. The lowest BCUT2D eigenvalue weighted by molar-refractivity contribution is -0.145. The van der Waals surface area contributed by atoms with Crippen molar-refractivity contribution >= 4 is 54.0 Å². The van der Waals surface area contributed by atoms with Crippen molar-refractivity contribution < 1.29 is 43.4 Å². The number of aromatic hydroxyl groups is 1. The molecule has 6 amide bonds. The first kappa shape index (κ1) is 55.1. The van der Waals surface area contributed by atoms with Gasteiger partial charge in [0, 0.05) is 51.0 Å². The highest BCUT2D eigenvalue weighted by Gasteiger charge is 2.33. The number of carbonyl (C=O) groups is 7. The minimum absolute atomic E-state index is 0.00828. The van der Waals surface area contributed by atoms with Gasteiger partial charge >= 0.3 is 5.97 Å². The van der Waals surface area contributed by atoms with E-state index in [1.54, 1.807) is 26.0 Å². The summed E-state index contributed by atoms with van der Waals surface area (Å²) >= 11 is 4.24. The minimum atomic E-state index is -1.22. The highest BCUT2D eigenvalue weighted by molar-refractivity contribution is 7.80. The molecule has 0 fully saturated rings. The third-order valence-electron chi connectivity index (χ3n) is 11.1. The van der Waals surface area contributed by atoms with Gasteiger partial charge in [-0.25, -0.2) is 4.79 Å². The second kappa shape index (κ2) is 29.4. The van der Waals surface area contributed by atoms with Crippen molar-refractivity contribution in [2.75, 3.05) is 33.6 Å². The molecule has 18 heteroatoms. The van der Waals surface area contributed by atoms with Crippen LogP contribution in [0.1, 0.15) is 124 Å². The van der Waals surface area contributed by atoms with Crippen LogP contribution in [-0.2, 0) is 44.7 Å². The number of ether oxygens (including phenoxy) is 1. The van der Waals surface area contributed by atoms with E-state index < -0.39 is 77.7 Å². The van der Waals surface area contributed by atoms with Crippen molar-refractivity contribution in [2.24, 2.45) is 5.92 Å². The second-order valence-electron chi connectivity index (χ2n) is 17.2. The Hall–Kier alpha value is -5.00. The SMILES string of the molecule is CCCCCCCCCCCCCC(=O)N[C@@H](CS)C(=O)N[C@@H](C)C(=O)N[C@H](C(=O)N[C@@H](C)C(=O)N[C@@H](Cc1ccc(O)cc1)C(=O)N[C@@H](CC1=CN(C)CN1C)C(=O)OC)C(C)C. The highest BCUT2D eigenvalue weighted by Crippen LogP contribution is 2.19. The van der Waals surface area contributed by atoms with Gasteiger partial charge in [-0.1, -0.05) is 97.1 Å². The Balaban J connectivity index is 1.98. The van der Waals surface area contributed by atoms with E-state index in [9.17, 15) is 38.7 Å². The molecular formula is C46H76N8O9S. The molecule has 1 heterocycles. The lowest BCUT2D eigenvalue weighted by Crippen LogP contribution is -2.60. The maximum absolute atomic E-state index is 13.8. The second-order valence-corrected chi connectivity index (χ2v) is 17.6. The summed E-state index contributed by atoms with van der Waals surface area (Å²) in [7, 11) is 4.94. The number of amides is 6. The fourth-order valence-corrected chi connectivity index (χ4v) is 7.45. The molecule has 0 saturated heterocycles. The van der Waals surface area contributed by atoms with Crippen LogP contribution >= 0.6 is 12.6 Å². The third-order valence-corrected chi connectivity index (χ3v) is 11.5. The Bertz CT molecular complexity index is 1690. The molecule has 0 radical (unpaired) electrons. The van der Waals surface area contributed by atoms with Gasteiger partial charge in [0.2, 0.25) is 35.4 Å². The van der Waals surface area contributed by atoms with Crippen LogP contribution in [0.4, 0.5) is 0 Å². The fraction of sp³-hybridized carbons (Fsp3) is 0.674. The fourth-order valence-electron chi connectivity index (χ4n) is 7.19. The molecule has 0 aliphatic carbocycles. The van der Waals surface area contributed by atoms with Gasteiger partial charge in [-0.2, -0.15) is 12.6 Å². The van der Waals surface area contributed by atoms with Crippen molar-refractivity contribution in [1.82, 2.24) is 41.7 Å².